The fraction of sp³-hybridized carbons (Fsp3) is 0.393. The predicted octanol–water partition coefficient (Wildman–Crippen LogP) is 6.22. The van der Waals surface area contributed by atoms with Crippen LogP contribution in [0.2, 0.25) is 0 Å². The summed E-state index contributed by atoms with van der Waals surface area (Å²) in [6.45, 7) is 6.49. The molecule has 2 aromatic carbocycles. The van der Waals surface area contributed by atoms with Crippen LogP contribution in [0.3, 0.4) is 0 Å². The Balaban J connectivity index is 1.54. The monoisotopic (exact) mass is 482 g/mol. The maximum Gasteiger partial charge on any atom is 0.425 e. The van der Waals surface area contributed by atoms with Gasteiger partial charge in [0.15, 0.2) is 0 Å². The summed E-state index contributed by atoms with van der Waals surface area (Å²) in [5.41, 5.74) is -2.18. The largest absolute Gasteiger partial charge is 0.425 e. The molecule has 0 amide bonds. The lowest BCUT2D eigenvalue weighted by Crippen LogP contribution is -2.41. The topological polar surface area (TPSA) is 58.3 Å². The lowest BCUT2D eigenvalue weighted by molar-refractivity contribution is -0.246. The number of aromatic nitrogens is 2. The highest BCUT2D eigenvalue weighted by Gasteiger charge is 2.61. The van der Waals surface area contributed by atoms with Gasteiger partial charge in [-0.1, -0.05) is 55.5 Å². The summed E-state index contributed by atoms with van der Waals surface area (Å²) in [7, 11) is 0. The van der Waals surface area contributed by atoms with Crippen molar-refractivity contribution in [3.8, 4) is 22.3 Å². The van der Waals surface area contributed by atoms with E-state index in [1.165, 1.54) is 18.2 Å². The first-order valence-corrected chi connectivity index (χ1v) is 11.9. The van der Waals surface area contributed by atoms with Gasteiger partial charge in [0.25, 0.3) is 0 Å². The number of alkyl halides is 3. The summed E-state index contributed by atoms with van der Waals surface area (Å²) >= 11 is 0. The Labute approximate surface area is 202 Å². The minimum Gasteiger partial charge on any atom is -0.390 e. The molecule has 1 fully saturated rings. The second kappa shape index (κ2) is 8.07. The van der Waals surface area contributed by atoms with Crippen LogP contribution in [0, 0.1) is 5.41 Å². The lowest BCUT2D eigenvalue weighted by Gasteiger charge is -2.30. The summed E-state index contributed by atoms with van der Waals surface area (Å²) in [5.74, 6) is 0. The van der Waals surface area contributed by atoms with Crippen LogP contribution in [0.1, 0.15) is 50.2 Å². The molecule has 0 radical (unpaired) electrons. The Morgan fingerprint density at radius 1 is 1.06 bits per heavy atom. The zero-order valence-electron chi connectivity index (χ0n) is 19.6. The molecule has 0 bridgehead atoms. The quantitative estimate of drug-likeness (QED) is 0.411. The van der Waals surface area contributed by atoms with Gasteiger partial charge in [-0.15, -0.1) is 6.58 Å². The van der Waals surface area contributed by atoms with E-state index >= 15 is 0 Å². The molecule has 0 saturated heterocycles. The number of rotatable bonds is 6. The summed E-state index contributed by atoms with van der Waals surface area (Å²) < 4.78 is 44.3. The van der Waals surface area contributed by atoms with Crippen molar-refractivity contribution in [3.05, 3.63) is 78.6 Å². The Bertz CT molecular complexity index is 1280. The van der Waals surface area contributed by atoms with Crippen LogP contribution in [0.25, 0.3) is 22.3 Å². The number of nitrogens with zero attached hydrogens (tertiary/aromatic N) is 2. The maximum absolute atomic E-state index is 14.2. The third-order valence-electron chi connectivity index (χ3n) is 7.99. The number of fused-ring (bicyclic) bond motifs is 3. The van der Waals surface area contributed by atoms with Crippen LogP contribution < -0.4 is 0 Å². The van der Waals surface area contributed by atoms with E-state index in [1.54, 1.807) is 36.5 Å². The average Bonchev–Trinajstić information content (AvgIpc) is 3.49. The van der Waals surface area contributed by atoms with Crippen LogP contribution in [-0.2, 0) is 12.1 Å². The van der Waals surface area contributed by atoms with E-state index in [1.807, 2.05) is 10.9 Å². The highest BCUT2D eigenvalue weighted by molar-refractivity contribution is 5.92. The standard InChI is InChI=1S/C28H29F3N2O2/c1-3-12-26(34)14-13-25(4-2,17-26)18-33-16-19(15-32-33)20-9-7-11-23-24(20)21-8-5-6-10-22(21)27(23,35)28(29,30)31/h3,5-11,15-16,34-35H,1,4,12-14,17-18H2,2H3. The van der Waals surface area contributed by atoms with Crippen LogP contribution in [-0.4, -0.2) is 31.8 Å². The molecule has 2 N–H and O–H groups in total. The highest BCUT2D eigenvalue weighted by Crippen LogP contribution is 2.57. The van der Waals surface area contributed by atoms with Crippen LogP contribution in [0.15, 0.2) is 67.5 Å². The Hall–Kier alpha value is -2.90. The molecule has 0 aliphatic heterocycles. The summed E-state index contributed by atoms with van der Waals surface area (Å²) in [5, 5.41) is 26.4. The smallest absolute Gasteiger partial charge is 0.390 e. The van der Waals surface area contributed by atoms with E-state index in [0.717, 1.165) is 12.8 Å². The highest BCUT2D eigenvalue weighted by atomic mass is 19.4. The molecule has 3 atom stereocenters. The van der Waals surface area contributed by atoms with Crippen molar-refractivity contribution in [1.29, 1.82) is 0 Å². The van der Waals surface area contributed by atoms with Gasteiger partial charge in [-0.3, -0.25) is 4.68 Å². The van der Waals surface area contributed by atoms with Crippen molar-refractivity contribution in [1.82, 2.24) is 9.78 Å². The molecule has 2 aliphatic rings. The van der Waals surface area contributed by atoms with Crippen LogP contribution in [0.5, 0.6) is 0 Å². The molecule has 1 aromatic heterocycles. The van der Waals surface area contributed by atoms with Gasteiger partial charge in [0.05, 0.1) is 11.8 Å². The number of halogens is 3. The molecular formula is C28H29F3N2O2. The number of hydrogen-bond acceptors (Lipinski definition) is 3. The van der Waals surface area contributed by atoms with E-state index in [0.29, 0.717) is 48.1 Å². The first-order chi connectivity index (χ1) is 16.6. The SMILES string of the molecule is C=CCC1(O)CCC(CC)(Cn2cc(-c3cccc4c3-c3ccccc3C4(O)C(F)(F)F)cn2)C1. The van der Waals surface area contributed by atoms with E-state index in [9.17, 15) is 23.4 Å². The molecule has 1 heterocycles. The zero-order chi connectivity index (χ0) is 25.1. The molecule has 7 heteroatoms. The summed E-state index contributed by atoms with van der Waals surface area (Å²) in [6.07, 6.45) is 4.08. The number of aliphatic hydroxyl groups is 2. The first-order valence-electron chi connectivity index (χ1n) is 11.9. The molecule has 3 aromatic rings. The second-order valence-corrected chi connectivity index (χ2v) is 10.2. The van der Waals surface area contributed by atoms with Crippen LogP contribution in [0.4, 0.5) is 13.2 Å². The third-order valence-corrected chi connectivity index (χ3v) is 7.99. The van der Waals surface area contributed by atoms with E-state index in [2.05, 4.69) is 18.6 Å². The Kier molecular flexibility index (Phi) is 5.49. The van der Waals surface area contributed by atoms with Gasteiger partial charge < -0.3 is 10.2 Å². The molecule has 35 heavy (non-hydrogen) atoms. The molecule has 184 valence electrons. The molecule has 2 aliphatic carbocycles. The van der Waals surface area contributed by atoms with Gasteiger partial charge in [0.1, 0.15) is 0 Å². The molecular weight excluding hydrogens is 453 g/mol. The normalized spacial score (nSPS) is 27.6. The van der Waals surface area contributed by atoms with Gasteiger partial charge in [-0.2, -0.15) is 18.3 Å². The van der Waals surface area contributed by atoms with Gasteiger partial charge in [0.2, 0.25) is 5.60 Å². The van der Waals surface area contributed by atoms with E-state index in [-0.39, 0.29) is 16.5 Å². The average molecular weight is 483 g/mol. The van der Waals surface area contributed by atoms with Crippen molar-refractivity contribution < 1.29 is 23.4 Å². The van der Waals surface area contributed by atoms with Crippen molar-refractivity contribution in [3.63, 3.8) is 0 Å². The zero-order valence-corrected chi connectivity index (χ0v) is 19.6. The van der Waals surface area contributed by atoms with Gasteiger partial charge in [-0.05, 0) is 54.2 Å². The molecule has 4 nitrogen and oxygen atoms in total. The fourth-order valence-corrected chi connectivity index (χ4v) is 6.15. The van der Waals surface area contributed by atoms with Crippen molar-refractivity contribution in [2.45, 2.75) is 63.0 Å². The van der Waals surface area contributed by atoms with E-state index < -0.39 is 17.4 Å². The minimum absolute atomic E-state index is 0.108. The second-order valence-electron chi connectivity index (χ2n) is 10.2. The maximum atomic E-state index is 14.2. The van der Waals surface area contributed by atoms with Crippen molar-refractivity contribution >= 4 is 0 Å². The lowest BCUT2D eigenvalue weighted by atomic mass is 9.81. The van der Waals surface area contributed by atoms with Crippen molar-refractivity contribution in [2.24, 2.45) is 5.41 Å². The first kappa shape index (κ1) is 23.8. The van der Waals surface area contributed by atoms with Crippen LogP contribution >= 0.6 is 0 Å². The molecule has 0 spiro atoms. The number of benzene rings is 2. The number of hydrogen-bond donors (Lipinski definition) is 2. The van der Waals surface area contributed by atoms with Gasteiger partial charge >= 0.3 is 6.18 Å². The van der Waals surface area contributed by atoms with Gasteiger partial charge in [0, 0.05) is 29.4 Å². The molecule has 3 unspecified atom stereocenters. The van der Waals surface area contributed by atoms with E-state index in [4.69, 9.17) is 0 Å². The predicted molar refractivity (Wildman–Crippen MR) is 128 cm³/mol. The minimum atomic E-state index is -4.87. The Morgan fingerprint density at radius 2 is 1.77 bits per heavy atom. The Morgan fingerprint density at radius 3 is 2.49 bits per heavy atom. The molecule has 5 rings (SSSR count). The summed E-state index contributed by atoms with van der Waals surface area (Å²) in [6, 6.07) is 10.8. The summed E-state index contributed by atoms with van der Waals surface area (Å²) in [4.78, 5) is 0. The third kappa shape index (κ3) is 3.64. The fourth-order valence-electron chi connectivity index (χ4n) is 6.15. The van der Waals surface area contributed by atoms with Gasteiger partial charge in [-0.25, -0.2) is 0 Å². The van der Waals surface area contributed by atoms with Crippen molar-refractivity contribution in [2.75, 3.05) is 0 Å². The molecule has 1 saturated carbocycles.